The fourth-order valence-electron chi connectivity index (χ4n) is 1.74. The van der Waals surface area contributed by atoms with Crippen LogP contribution in [0.25, 0.3) is 0 Å². The summed E-state index contributed by atoms with van der Waals surface area (Å²) >= 11 is 0. The molecule has 2 amide bonds. The van der Waals surface area contributed by atoms with Crippen LogP contribution in [0, 0.1) is 21.7 Å². The number of carbonyl (C=O) groups excluding carboxylic acids is 2. The Morgan fingerprint density at radius 1 is 0.962 bits per heavy atom. The molecule has 0 saturated carbocycles. The molecule has 0 N–H and O–H groups in total. The Balaban J connectivity index is 3.48. The van der Waals surface area contributed by atoms with Crippen molar-refractivity contribution >= 4 is 23.6 Å². The minimum Gasteiger partial charge on any atom is -0.443 e. The van der Waals surface area contributed by atoms with Crippen molar-refractivity contribution in [3.8, 4) is 0 Å². The molecule has 0 aromatic heterocycles. The van der Waals surface area contributed by atoms with Gasteiger partial charge in [0.1, 0.15) is 16.9 Å². The molecule has 0 heterocycles. The second-order valence-electron chi connectivity index (χ2n) is 7.31. The molecule has 1 aromatic carbocycles. The maximum absolute atomic E-state index is 14.3. The van der Waals surface area contributed by atoms with Crippen LogP contribution in [0.5, 0.6) is 0 Å². The Bertz CT molecular complexity index is 686. The highest BCUT2D eigenvalue weighted by Crippen LogP contribution is 2.30. The van der Waals surface area contributed by atoms with Gasteiger partial charge in [-0.1, -0.05) is 0 Å². The molecule has 0 bridgehead atoms. The second-order valence-corrected chi connectivity index (χ2v) is 7.31. The van der Waals surface area contributed by atoms with Gasteiger partial charge in [-0.25, -0.2) is 18.4 Å². The highest BCUT2D eigenvalue weighted by Gasteiger charge is 2.37. The fourth-order valence-corrected chi connectivity index (χ4v) is 1.74. The van der Waals surface area contributed by atoms with Crippen LogP contribution in [-0.4, -0.2) is 28.3 Å². The lowest BCUT2D eigenvalue weighted by Gasteiger charge is -2.28. The summed E-state index contributed by atoms with van der Waals surface area (Å²) in [6.45, 7) is 8.92. The number of benzene rings is 1. The lowest BCUT2D eigenvalue weighted by molar-refractivity contribution is -0.385. The number of nitro benzene ring substituents is 1. The summed E-state index contributed by atoms with van der Waals surface area (Å²) in [6.07, 6.45) is -2.78. The topological polar surface area (TPSA) is 99.0 Å². The number of carbonyl (C=O) groups is 2. The van der Waals surface area contributed by atoms with Gasteiger partial charge in [-0.15, -0.1) is 0 Å². The van der Waals surface area contributed by atoms with E-state index < -0.39 is 51.3 Å². The minimum atomic E-state index is -1.49. The van der Waals surface area contributed by atoms with Crippen molar-refractivity contribution in [1.29, 1.82) is 0 Å². The summed E-state index contributed by atoms with van der Waals surface area (Å²) in [7, 11) is 0. The van der Waals surface area contributed by atoms with Gasteiger partial charge < -0.3 is 9.47 Å². The van der Waals surface area contributed by atoms with Gasteiger partial charge in [0.25, 0.3) is 5.69 Å². The normalized spacial score (nSPS) is 11.7. The zero-order valence-corrected chi connectivity index (χ0v) is 15.3. The predicted octanol–water partition coefficient (Wildman–Crippen LogP) is 4.55. The minimum absolute atomic E-state index is 0.0326. The van der Waals surface area contributed by atoms with Crippen molar-refractivity contribution in [1.82, 2.24) is 0 Å². The number of hydrogen-bond acceptors (Lipinski definition) is 6. The van der Waals surface area contributed by atoms with Crippen LogP contribution in [0.2, 0.25) is 0 Å². The van der Waals surface area contributed by atoms with E-state index in [1.165, 1.54) is 41.5 Å². The van der Waals surface area contributed by atoms with Crippen molar-refractivity contribution in [2.45, 2.75) is 52.7 Å². The largest absolute Gasteiger partial charge is 0.443 e. The van der Waals surface area contributed by atoms with Gasteiger partial charge in [-0.2, -0.15) is 4.90 Å². The Morgan fingerprint density at radius 3 is 1.58 bits per heavy atom. The average Bonchev–Trinajstić information content (AvgIpc) is 2.37. The first-order valence-electron chi connectivity index (χ1n) is 7.52. The van der Waals surface area contributed by atoms with Gasteiger partial charge >= 0.3 is 12.2 Å². The molecule has 1 rings (SSSR count). The number of anilines is 1. The maximum atomic E-state index is 14.3. The monoisotopic (exact) mass is 374 g/mol. The van der Waals surface area contributed by atoms with E-state index in [4.69, 9.17) is 9.47 Å². The summed E-state index contributed by atoms with van der Waals surface area (Å²) in [4.78, 5) is 34.4. The number of ether oxygens (including phenoxy) is 2. The Morgan fingerprint density at radius 2 is 1.31 bits per heavy atom. The molecular formula is C16H20F2N2O6. The van der Waals surface area contributed by atoms with E-state index in [0.29, 0.717) is 12.1 Å². The van der Waals surface area contributed by atoms with E-state index >= 15 is 0 Å². The van der Waals surface area contributed by atoms with Crippen molar-refractivity contribution in [3.05, 3.63) is 33.9 Å². The Hall–Kier alpha value is -2.78. The van der Waals surface area contributed by atoms with Gasteiger partial charge in [-0.3, -0.25) is 10.1 Å². The Labute approximate surface area is 148 Å². The molecular weight excluding hydrogens is 354 g/mol. The number of non-ortho nitro benzene ring substituents is 1. The van der Waals surface area contributed by atoms with Crippen molar-refractivity contribution < 1.29 is 32.8 Å². The van der Waals surface area contributed by atoms with E-state index in [0.717, 1.165) is 0 Å². The Kier molecular flexibility index (Phi) is 5.91. The third-order valence-electron chi connectivity index (χ3n) is 2.59. The molecule has 1 aromatic rings. The molecule has 0 atom stereocenters. The number of nitro groups is 1. The first-order valence-corrected chi connectivity index (χ1v) is 7.52. The van der Waals surface area contributed by atoms with E-state index in [1.54, 1.807) is 0 Å². The van der Waals surface area contributed by atoms with Gasteiger partial charge in [0, 0.05) is 0 Å². The molecule has 0 fully saturated rings. The molecule has 10 heteroatoms. The average molecular weight is 374 g/mol. The van der Waals surface area contributed by atoms with Crippen LogP contribution in [0.3, 0.4) is 0 Å². The summed E-state index contributed by atoms with van der Waals surface area (Å²) < 4.78 is 38.6. The number of hydrogen-bond donors (Lipinski definition) is 0. The zero-order valence-electron chi connectivity index (χ0n) is 15.3. The van der Waals surface area contributed by atoms with Crippen LogP contribution in [-0.2, 0) is 9.47 Å². The number of halogens is 2. The predicted molar refractivity (Wildman–Crippen MR) is 88.0 cm³/mol. The first kappa shape index (κ1) is 21.3. The SMILES string of the molecule is CC(C)(C)OC(=O)N(C(=O)OC(C)(C)C)c1c(F)cc([N+](=O)[O-])cc1F. The third kappa shape index (κ3) is 5.64. The van der Waals surface area contributed by atoms with Crippen molar-refractivity contribution in [3.63, 3.8) is 0 Å². The fraction of sp³-hybridized carbons (Fsp3) is 0.500. The highest BCUT2D eigenvalue weighted by molar-refractivity contribution is 6.09. The van der Waals surface area contributed by atoms with Gasteiger partial charge in [0.15, 0.2) is 11.6 Å². The quantitative estimate of drug-likeness (QED) is 0.556. The first-order chi connectivity index (χ1) is 11.6. The van der Waals surface area contributed by atoms with Gasteiger partial charge in [-0.05, 0) is 41.5 Å². The number of rotatable bonds is 2. The van der Waals surface area contributed by atoms with Crippen molar-refractivity contribution in [2.75, 3.05) is 4.90 Å². The van der Waals surface area contributed by atoms with Crippen molar-refractivity contribution in [2.24, 2.45) is 0 Å². The maximum Gasteiger partial charge on any atom is 0.424 e. The zero-order chi connectivity index (χ0) is 20.4. The molecule has 0 unspecified atom stereocenters. The number of amides is 2. The van der Waals surface area contributed by atoms with Crippen LogP contribution in [0.4, 0.5) is 29.7 Å². The smallest absolute Gasteiger partial charge is 0.424 e. The molecule has 8 nitrogen and oxygen atoms in total. The summed E-state index contributed by atoms with van der Waals surface area (Å²) in [6, 6.07) is 0.778. The van der Waals surface area contributed by atoms with Gasteiger partial charge in [0.2, 0.25) is 0 Å². The summed E-state index contributed by atoms with van der Waals surface area (Å²) in [5.41, 5.74) is -4.16. The highest BCUT2D eigenvalue weighted by atomic mass is 19.1. The molecule has 0 radical (unpaired) electrons. The second kappa shape index (κ2) is 7.22. The van der Waals surface area contributed by atoms with Crippen LogP contribution in [0.15, 0.2) is 12.1 Å². The molecule has 0 aliphatic rings. The van der Waals surface area contributed by atoms with Crippen LogP contribution in [0.1, 0.15) is 41.5 Å². The van der Waals surface area contributed by atoms with Crippen LogP contribution >= 0.6 is 0 Å². The van der Waals surface area contributed by atoms with Gasteiger partial charge in [0.05, 0.1) is 17.1 Å². The number of imide groups is 1. The summed E-state index contributed by atoms with van der Waals surface area (Å²) in [5.74, 6) is -2.98. The molecule has 144 valence electrons. The van der Waals surface area contributed by atoms with Crippen LogP contribution < -0.4 is 4.90 Å². The van der Waals surface area contributed by atoms with E-state index in [-0.39, 0.29) is 4.90 Å². The third-order valence-corrected chi connectivity index (χ3v) is 2.59. The summed E-state index contributed by atoms with van der Waals surface area (Å²) in [5, 5.41) is 10.7. The molecule has 26 heavy (non-hydrogen) atoms. The molecule has 0 aliphatic carbocycles. The lowest BCUT2D eigenvalue weighted by atomic mass is 10.2. The number of nitrogens with zero attached hydrogens (tertiary/aromatic N) is 2. The molecule has 0 spiro atoms. The molecule has 0 aliphatic heterocycles. The lowest BCUT2D eigenvalue weighted by Crippen LogP contribution is -2.44. The van der Waals surface area contributed by atoms with E-state index in [1.807, 2.05) is 0 Å². The molecule has 0 saturated heterocycles. The standard InChI is InChI=1S/C16H20F2N2O6/c1-15(2,3)25-13(21)19(14(22)26-16(4,5)6)12-10(17)7-9(20(23)24)8-11(12)18/h7-8H,1-6H3. The van der Waals surface area contributed by atoms with E-state index in [2.05, 4.69) is 0 Å². The van der Waals surface area contributed by atoms with E-state index in [9.17, 15) is 28.5 Å².